The number of alkyl halides is 3. The molecule has 0 spiro atoms. The molecule has 6 nitrogen and oxygen atoms in total. The lowest BCUT2D eigenvalue weighted by Crippen LogP contribution is -2.08. The maximum atomic E-state index is 12.4. The minimum Gasteiger partial charge on any atom is -0.424 e. The summed E-state index contributed by atoms with van der Waals surface area (Å²) in [4.78, 5) is 16.6. The van der Waals surface area contributed by atoms with Crippen LogP contribution < -0.4 is 4.74 Å². The van der Waals surface area contributed by atoms with Crippen molar-refractivity contribution in [1.82, 2.24) is 9.97 Å². The number of hydrogen-bond acceptors (Lipinski definition) is 5. The number of hydrogen-bond donors (Lipinski definition) is 0. The molecule has 20 heavy (non-hydrogen) atoms. The molecule has 0 aliphatic rings. The molecule has 0 saturated heterocycles. The quantitative estimate of drug-likeness (QED) is 0.639. The molecule has 9 heteroatoms. The van der Waals surface area contributed by atoms with Gasteiger partial charge in [-0.2, -0.15) is 18.2 Å². The van der Waals surface area contributed by atoms with Gasteiger partial charge in [-0.1, -0.05) is 0 Å². The van der Waals surface area contributed by atoms with Crippen molar-refractivity contribution < 1.29 is 22.8 Å². The molecule has 104 valence electrons. The summed E-state index contributed by atoms with van der Waals surface area (Å²) in [5.74, 6) is 0.0925. The monoisotopic (exact) mass is 285 g/mol. The molecule has 0 atom stereocenters. The van der Waals surface area contributed by atoms with Gasteiger partial charge in [-0.3, -0.25) is 10.1 Å². The lowest BCUT2D eigenvalue weighted by atomic mass is 10.3. The standard InChI is InChI=1S/C11H6F3N3O3/c12-11(13,14)9-5-6-15-10(16-9)20-8-3-1-7(2-4-8)17(18)19/h1-6H. The summed E-state index contributed by atoms with van der Waals surface area (Å²) in [6.45, 7) is 0. The maximum Gasteiger partial charge on any atom is 0.433 e. The minimum atomic E-state index is -4.60. The Bertz CT molecular complexity index is 629. The first-order chi connectivity index (χ1) is 9.36. The van der Waals surface area contributed by atoms with Gasteiger partial charge in [-0.15, -0.1) is 0 Å². The van der Waals surface area contributed by atoms with Crippen LogP contribution in [0.25, 0.3) is 0 Å². The topological polar surface area (TPSA) is 78.2 Å². The second kappa shape index (κ2) is 5.11. The van der Waals surface area contributed by atoms with Crippen molar-refractivity contribution in [2.24, 2.45) is 0 Å². The third kappa shape index (κ3) is 3.19. The van der Waals surface area contributed by atoms with Gasteiger partial charge in [0, 0.05) is 18.3 Å². The molecule has 2 rings (SSSR count). The maximum absolute atomic E-state index is 12.4. The Labute approximate surface area is 110 Å². The number of halogens is 3. The minimum absolute atomic E-state index is 0.0925. The van der Waals surface area contributed by atoms with Crippen LogP contribution in [0, 0.1) is 10.1 Å². The van der Waals surface area contributed by atoms with Crippen LogP contribution in [-0.4, -0.2) is 14.9 Å². The van der Waals surface area contributed by atoms with E-state index in [4.69, 9.17) is 4.74 Å². The zero-order chi connectivity index (χ0) is 14.8. The zero-order valence-corrected chi connectivity index (χ0v) is 9.66. The van der Waals surface area contributed by atoms with E-state index in [2.05, 4.69) is 9.97 Å². The van der Waals surface area contributed by atoms with Crippen molar-refractivity contribution >= 4 is 5.69 Å². The lowest BCUT2D eigenvalue weighted by molar-refractivity contribution is -0.384. The lowest BCUT2D eigenvalue weighted by Gasteiger charge is -2.07. The van der Waals surface area contributed by atoms with Crippen LogP contribution in [0.5, 0.6) is 11.8 Å². The Morgan fingerprint density at radius 3 is 2.35 bits per heavy atom. The largest absolute Gasteiger partial charge is 0.433 e. The highest BCUT2D eigenvalue weighted by Gasteiger charge is 2.33. The van der Waals surface area contributed by atoms with E-state index in [0.29, 0.717) is 6.07 Å². The van der Waals surface area contributed by atoms with E-state index in [1.807, 2.05) is 0 Å². The van der Waals surface area contributed by atoms with E-state index >= 15 is 0 Å². The van der Waals surface area contributed by atoms with Crippen LogP contribution in [0.1, 0.15) is 5.69 Å². The van der Waals surface area contributed by atoms with Crippen molar-refractivity contribution in [3.05, 3.63) is 52.3 Å². The average molecular weight is 285 g/mol. The molecule has 1 aromatic carbocycles. The Balaban J connectivity index is 2.20. The predicted octanol–water partition coefficient (Wildman–Crippen LogP) is 3.20. The first kappa shape index (κ1) is 13.7. The summed E-state index contributed by atoms with van der Waals surface area (Å²) < 4.78 is 42.3. The third-order valence-corrected chi connectivity index (χ3v) is 2.18. The molecule has 1 heterocycles. The molecular formula is C11H6F3N3O3. The summed E-state index contributed by atoms with van der Waals surface area (Å²) in [7, 11) is 0. The molecule has 0 N–H and O–H groups in total. The van der Waals surface area contributed by atoms with Crippen molar-refractivity contribution in [2.75, 3.05) is 0 Å². The van der Waals surface area contributed by atoms with Gasteiger partial charge >= 0.3 is 12.2 Å². The normalized spacial score (nSPS) is 11.2. The van der Waals surface area contributed by atoms with E-state index in [1.165, 1.54) is 12.1 Å². The van der Waals surface area contributed by atoms with Crippen molar-refractivity contribution in [2.45, 2.75) is 6.18 Å². The number of non-ortho nitro benzene ring substituents is 1. The van der Waals surface area contributed by atoms with E-state index in [9.17, 15) is 23.3 Å². The van der Waals surface area contributed by atoms with Crippen molar-refractivity contribution in [3.8, 4) is 11.8 Å². The van der Waals surface area contributed by atoms with Crippen LogP contribution in [0.2, 0.25) is 0 Å². The van der Waals surface area contributed by atoms with Crippen molar-refractivity contribution in [3.63, 3.8) is 0 Å². The molecule has 0 aliphatic heterocycles. The highest BCUT2D eigenvalue weighted by atomic mass is 19.4. The third-order valence-electron chi connectivity index (χ3n) is 2.18. The Kier molecular flexibility index (Phi) is 3.51. The molecular weight excluding hydrogens is 279 g/mol. The fraction of sp³-hybridized carbons (Fsp3) is 0.0909. The van der Waals surface area contributed by atoms with Gasteiger partial charge in [-0.05, 0) is 18.2 Å². The highest BCUT2D eigenvalue weighted by molar-refractivity contribution is 5.37. The first-order valence-electron chi connectivity index (χ1n) is 5.19. The van der Waals surface area contributed by atoms with Gasteiger partial charge in [0.25, 0.3) is 5.69 Å². The molecule has 0 saturated carbocycles. The van der Waals surface area contributed by atoms with Crippen LogP contribution in [0.3, 0.4) is 0 Å². The molecule has 0 amide bonds. The number of ether oxygens (including phenoxy) is 1. The van der Waals surface area contributed by atoms with Crippen LogP contribution >= 0.6 is 0 Å². The molecule has 1 aromatic heterocycles. The van der Waals surface area contributed by atoms with E-state index in [0.717, 1.165) is 18.3 Å². The fourth-order valence-electron chi connectivity index (χ4n) is 1.29. The summed E-state index contributed by atoms with van der Waals surface area (Å²) in [5, 5.41) is 10.4. The molecule has 0 bridgehead atoms. The number of aromatic nitrogens is 2. The number of rotatable bonds is 3. The van der Waals surface area contributed by atoms with Gasteiger partial charge in [0.15, 0.2) is 5.69 Å². The second-order valence-corrected chi connectivity index (χ2v) is 3.58. The van der Waals surface area contributed by atoms with Crippen molar-refractivity contribution in [1.29, 1.82) is 0 Å². The fourth-order valence-corrected chi connectivity index (χ4v) is 1.29. The smallest absolute Gasteiger partial charge is 0.424 e. The second-order valence-electron chi connectivity index (χ2n) is 3.58. The number of nitrogens with zero attached hydrogens (tertiary/aromatic N) is 3. The Morgan fingerprint density at radius 2 is 1.80 bits per heavy atom. The molecule has 0 fully saturated rings. The Hall–Kier alpha value is -2.71. The van der Waals surface area contributed by atoms with Crippen LogP contribution in [0.4, 0.5) is 18.9 Å². The molecule has 0 unspecified atom stereocenters. The molecule has 0 aliphatic carbocycles. The van der Waals surface area contributed by atoms with Crippen LogP contribution in [-0.2, 0) is 6.18 Å². The summed E-state index contributed by atoms with van der Waals surface area (Å²) in [6.07, 6.45) is -3.69. The number of benzene rings is 1. The van der Waals surface area contributed by atoms with E-state index in [-0.39, 0.29) is 11.4 Å². The van der Waals surface area contributed by atoms with E-state index < -0.39 is 22.8 Å². The summed E-state index contributed by atoms with van der Waals surface area (Å²) in [6, 6.07) is 5.01. The predicted molar refractivity (Wildman–Crippen MR) is 60.2 cm³/mol. The number of nitro groups is 1. The highest BCUT2D eigenvalue weighted by Crippen LogP contribution is 2.29. The average Bonchev–Trinajstić information content (AvgIpc) is 2.38. The summed E-state index contributed by atoms with van der Waals surface area (Å²) in [5.41, 5.74) is -1.30. The molecule has 2 aromatic rings. The number of nitro benzene ring substituents is 1. The molecule has 0 radical (unpaired) electrons. The van der Waals surface area contributed by atoms with Gasteiger partial charge in [0.05, 0.1) is 4.92 Å². The van der Waals surface area contributed by atoms with Gasteiger partial charge in [0.2, 0.25) is 0 Å². The summed E-state index contributed by atoms with van der Waals surface area (Å²) >= 11 is 0. The van der Waals surface area contributed by atoms with Gasteiger partial charge in [-0.25, -0.2) is 4.98 Å². The zero-order valence-electron chi connectivity index (χ0n) is 9.66. The Morgan fingerprint density at radius 1 is 1.15 bits per heavy atom. The van der Waals surface area contributed by atoms with Crippen LogP contribution in [0.15, 0.2) is 36.5 Å². The van der Waals surface area contributed by atoms with Gasteiger partial charge in [0.1, 0.15) is 5.75 Å². The van der Waals surface area contributed by atoms with Gasteiger partial charge < -0.3 is 4.74 Å². The van der Waals surface area contributed by atoms with E-state index in [1.54, 1.807) is 0 Å². The SMILES string of the molecule is O=[N+]([O-])c1ccc(Oc2nccc(C(F)(F)F)n2)cc1. The first-order valence-corrected chi connectivity index (χ1v) is 5.19.